The summed E-state index contributed by atoms with van der Waals surface area (Å²) in [7, 11) is -3.91. The van der Waals surface area contributed by atoms with Crippen molar-refractivity contribution in [3.63, 3.8) is 0 Å². The van der Waals surface area contributed by atoms with Crippen LogP contribution in [0.5, 0.6) is 0 Å². The lowest BCUT2D eigenvalue weighted by Crippen LogP contribution is -2.18. The van der Waals surface area contributed by atoms with Gasteiger partial charge in [0.2, 0.25) is 0 Å². The number of anilines is 1. The highest BCUT2D eigenvalue weighted by Crippen LogP contribution is 2.52. The molecule has 182 valence electrons. The van der Waals surface area contributed by atoms with Gasteiger partial charge in [-0.05, 0) is 63.4 Å². The zero-order chi connectivity index (χ0) is 25.0. The van der Waals surface area contributed by atoms with E-state index in [-0.39, 0.29) is 16.1 Å². The van der Waals surface area contributed by atoms with Crippen LogP contribution >= 0.6 is 34.7 Å². The van der Waals surface area contributed by atoms with E-state index < -0.39 is 15.7 Å². The molecule has 2 aliphatic heterocycles. The topological polar surface area (TPSA) is 81.1 Å². The van der Waals surface area contributed by atoms with Crippen LogP contribution in [0.15, 0.2) is 62.4 Å². The molecular formula is C25H24ClN3O3S3. The van der Waals surface area contributed by atoms with E-state index >= 15 is 0 Å². The van der Waals surface area contributed by atoms with Crippen LogP contribution in [0.3, 0.4) is 0 Å². The highest BCUT2D eigenvalue weighted by Gasteiger charge is 2.44. The average molecular weight is 546 g/mol. The van der Waals surface area contributed by atoms with Crippen molar-refractivity contribution in [2.24, 2.45) is 0 Å². The standard InChI is InChI=1S/C25H24ClN3O3S3/c1-15-4-10-20(11-5-15)35(31,32)28-22-21-23(34-17(3)16(2)29(21)24(30)27-22)33-14-25(12-13-25)18-6-8-19(26)9-7-18/h4-11H,12-14H2,1-3H3,(H,27,28,30). The first-order chi connectivity index (χ1) is 16.6. The van der Waals surface area contributed by atoms with Crippen molar-refractivity contribution in [3.05, 3.63) is 85.7 Å². The number of nitrogens with one attached hydrogen (secondary N) is 1. The first-order valence-electron chi connectivity index (χ1n) is 11.1. The molecule has 3 aliphatic rings. The number of nitrogens with zero attached hydrogens (tertiary/aromatic N) is 2. The number of halogens is 1. The second-order valence-electron chi connectivity index (χ2n) is 8.95. The number of aromatic nitrogens is 2. The van der Waals surface area contributed by atoms with Gasteiger partial charge in [-0.25, -0.2) is 13.2 Å². The van der Waals surface area contributed by atoms with Gasteiger partial charge in [-0.2, -0.15) is 4.98 Å². The maximum Gasteiger partial charge on any atom is 0.354 e. The number of sulfonamides is 1. The number of fused-ring (bicyclic) bond motifs is 1. The molecule has 0 unspecified atom stereocenters. The molecule has 0 radical (unpaired) electrons. The monoisotopic (exact) mass is 545 g/mol. The molecule has 1 fully saturated rings. The van der Waals surface area contributed by atoms with Crippen molar-refractivity contribution in [1.82, 2.24) is 9.55 Å². The minimum absolute atomic E-state index is 0.0552. The average Bonchev–Trinajstić information content (AvgIpc) is 3.53. The third-order valence-corrected chi connectivity index (χ3v) is 10.8. The lowest BCUT2D eigenvalue weighted by Gasteiger charge is -2.19. The lowest BCUT2D eigenvalue weighted by atomic mass is 9.98. The molecule has 35 heavy (non-hydrogen) atoms. The van der Waals surface area contributed by atoms with Gasteiger partial charge in [0.15, 0.2) is 5.82 Å². The molecule has 0 spiro atoms. The van der Waals surface area contributed by atoms with Crippen molar-refractivity contribution in [3.8, 4) is 5.69 Å². The van der Waals surface area contributed by atoms with E-state index in [2.05, 4.69) is 21.8 Å². The zero-order valence-corrected chi connectivity index (χ0v) is 22.7. The third kappa shape index (κ3) is 4.62. The largest absolute Gasteiger partial charge is 0.354 e. The SMILES string of the molecule is Cc1ccc(S(=O)(=O)Nc2nc(=O)n3c(C)c(C)sc(SCC4(c5ccc(Cl)cc5)CC4)c2-3)cc1. The van der Waals surface area contributed by atoms with Crippen LogP contribution in [0.4, 0.5) is 5.82 Å². The predicted octanol–water partition coefficient (Wildman–Crippen LogP) is 5.94. The molecule has 0 amide bonds. The van der Waals surface area contributed by atoms with Gasteiger partial charge in [-0.1, -0.05) is 41.4 Å². The highest BCUT2D eigenvalue weighted by molar-refractivity contribution is 8.01. The van der Waals surface area contributed by atoms with E-state index in [4.69, 9.17) is 11.6 Å². The second-order valence-corrected chi connectivity index (χ2v) is 13.5. The van der Waals surface area contributed by atoms with Crippen LogP contribution in [0.2, 0.25) is 5.02 Å². The maximum absolute atomic E-state index is 13.1. The minimum atomic E-state index is -3.91. The van der Waals surface area contributed by atoms with Crippen LogP contribution in [-0.4, -0.2) is 23.7 Å². The number of rotatable bonds is 7. The van der Waals surface area contributed by atoms with Gasteiger partial charge in [-0.15, -0.1) is 23.1 Å². The van der Waals surface area contributed by atoms with Crippen LogP contribution in [0.1, 0.15) is 34.5 Å². The molecule has 10 heteroatoms. The maximum atomic E-state index is 13.1. The first kappa shape index (κ1) is 24.4. The summed E-state index contributed by atoms with van der Waals surface area (Å²) in [6, 6.07) is 14.5. The molecule has 0 bridgehead atoms. The number of hydrogen-bond donors (Lipinski definition) is 1. The fourth-order valence-corrected chi connectivity index (χ4v) is 7.98. The van der Waals surface area contributed by atoms with E-state index in [9.17, 15) is 13.2 Å². The van der Waals surface area contributed by atoms with Gasteiger partial charge in [0, 0.05) is 26.8 Å². The van der Waals surface area contributed by atoms with Crippen molar-refractivity contribution >= 4 is 50.5 Å². The molecule has 1 saturated carbocycles. The smallest absolute Gasteiger partial charge is 0.261 e. The Morgan fingerprint density at radius 1 is 1.09 bits per heavy atom. The van der Waals surface area contributed by atoms with Crippen molar-refractivity contribution in [2.45, 2.75) is 48.1 Å². The normalized spacial score (nSPS) is 14.9. The van der Waals surface area contributed by atoms with Crippen LogP contribution < -0.4 is 10.4 Å². The van der Waals surface area contributed by atoms with Crippen LogP contribution in [0.25, 0.3) is 5.69 Å². The molecule has 1 N–H and O–H groups in total. The number of aryl methyl sites for hydroxylation is 2. The van der Waals surface area contributed by atoms with Crippen LogP contribution in [0, 0.1) is 20.8 Å². The van der Waals surface area contributed by atoms with E-state index in [1.165, 1.54) is 10.1 Å². The Hall–Kier alpha value is -2.33. The second kappa shape index (κ2) is 8.96. The van der Waals surface area contributed by atoms with E-state index in [1.807, 2.05) is 32.9 Å². The summed E-state index contributed by atoms with van der Waals surface area (Å²) < 4.78 is 31.1. The molecule has 0 atom stereocenters. The third-order valence-electron chi connectivity index (χ3n) is 6.48. The van der Waals surface area contributed by atoms with Gasteiger partial charge in [0.25, 0.3) is 10.0 Å². The first-order valence-corrected chi connectivity index (χ1v) is 14.8. The molecule has 6 nitrogen and oxygen atoms in total. The van der Waals surface area contributed by atoms with Gasteiger partial charge >= 0.3 is 5.69 Å². The zero-order valence-electron chi connectivity index (χ0n) is 19.5. The lowest BCUT2D eigenvalue weighted by molar-refractivity contribution is 0.601. The summed E-state index contributed by atoms with van der Waals surface area (Å²) in [6.45, 7) is 5.71. The van der Waals surface area contributed by atoms with Crippen LogP contribution in [-0.2, 0) is 15.4 Å². The van der Waals surface area contributed by atoms with Crippen molar-refractivity contribution < 1.29 is 8.42 Å². The molecule has 2 aromatic carbocycles. The molecule has 1 aliphatic carbocycles. The number of benzene rings is 2. The van der Waals surface area contributed by atoms with Gasteiger partial charge in [-0.3, -0.25) is 9.29 Å². The summed E-state index contributed by atoms with van der Waals surface area (Å²) in [4.78, 5) is 18.1. The molecule has 2 heterocycles. The summed E-state index contributed by atoms with van der Waals surface area (Å²) in [5, 5.41) is 0.711. The molecule has 2 aromatic rings. The Kier molecular flexibility index (Phi) is 6.24. The Morgan fingerprint density at radius 2 is 1.74 bits per heavy atom. The molecule has 5 rings (SSSR count). The number of hydrogen-bond acceptors (Lipinski definition) is 6. The van der Waals surface area contributed by atoms with Gasteiger partial charge in [0.1, 0.15) is 5.69 Å². The van der Waals surface area contributed by atoms with Crippen molar-refractivity contribution in [1.29, 1.82) is 0 Å². The summed E-state index contributed by atoms with van der Waals surface area (Å²) >= 11 is 9.28. The Morgan fingerprint density at radius 3 is 2.37 bits per heavy atom. The van der Waals surface area contributed by atoms with Crippen molar-refractivity contribution in [2.75, 3.05) is 10.5 Å². The summed E-state index contributed by atoms with van der Waals surface area (Å²) in [5.41, 5.74) is 3.04. The Balaban J connectivity index is 1.52. The number of thioether (sulfide) groups is 1. The van der Waals surface area contributed by atoms with Gasteiger partial charge in [0.05, 0.1) is 9.10 Å². The Labute approximate surface area is 217 Å². The Bertz CT molecular complexity index is 1540. The molecule has 0 aromatic heterocycles. The number of imidazole rings is 1. The highest BCUT2D eigenvalue weighted by atomic mass is 35.5. The molecular weight excluding hydrogens is 522 g/mol. The quantitative estimate of drug-likeness (QED) is 0.291. The summed E-state index contributed by atoms with van der Waals surface area (Å²) in [6.07, 6.45) is 2.15. The fourth-order valence-electron chi connectivity index (χ4n) is 4.06. The fraction of sp³-hybridized carbons (Fsp3) is 0.280. The predicted molar refractivity (Wildman–Crippen MR) is 143 cm³/mol. The minimum Gasteiger partial charge on any atom is -0.261 e. The van der Waals surface area contributed by atoms with Gasteiger partial charge < -0.3 is 0 Å². The molecule has 0 saturated heterocycles. The van der Waals surface area contributed by atoms with E-state index in [1.54, 1.807) is 47.4 Å². The van der Waals surface area contributed by atoms with E-state index in [0.29, 0.717) is 10.7 Å². The summed E-state index contributed by atoms with van der Waals surface area (Å²) in [5.74, 6) is 0.876. The van der Waals surface area contributed by atoms with E-state index in [0.717, 1.165) is 38.9 Å².